The second-order valence-electron chi connectivity index (χ2n) is 7.55. The summed E-state index contributed by atoms with van der Waals surface area (Å²) in [4.78, 5) is 2.43. The van der Waals surface area contributed by atoms with Gasteiger partial charge in [-0.05, 0) is 61.7 Å². The van der Waals surface area contributed by atoms with Crippen LogP contribution < -0.4 is 0 Å². The van der Waals surface area contributed by atoms with Crippen molar-refractivity contribution < 1.29 is 9.52 Å². The number of rotatable bonds is 3. The predicted octanol–water partition coefficient (Wildman–Crippen LogP) is 3.12. The Morgan fingerprint density at radius 1 is 1.15 bits per heavy atom. The van der Waals surface area contributed by atoms with E-state index in [2.05, 4.69) is 39.4 Å². The molecule has 1 fully saturated rings. The highest BCUT2D eigenvalue weighted by atomic mass is 16.3. The Bertz CT molecular complexity index is 892. The molecule has 1 aliphatic heterocycles. The predicted molar refractivity (Wildman–Crippen MR) is 98.6 cm³/mol. The first-order valence-electron chi connectivity index (χ1n) is 9.32. The van der Waals surface area contributed by atoms with E-state index in [1.807, 2.05) is 18.2 Å². The molecule has 26 heavy (non-hydrogen) atoms. The molecule has 5 rings (SSSR count). The van der Waals surface area contributed by atoms with Crippen molar-refractivity contribution in [3.05, 3.63) is 65.5 Å². The smallest absolute Gasteiger partial charge is 0.152 e. The molecule has 0 radical (unpaired) electrons. The van der Waals surface area contributed by atoms with Crippen LogP contribution in [0.4, 0.5) is 0 Å². The molecular formula is C21H23N3O2. The number of nitrogens with zero attached hydrogens (tertiary/aromatic N) is 2. The van der Waals surface area contributed by atoms with Crippen LogP contribution in [0.15, 0.2) is 53.1 Å². The van der Waals surface area contributed by atoms with Crippen molar-refractivity contribution in [3.8, 4) is 11.5 Å². The van der Waals surface area contributed by atoms with Gasteiger partial charge in [-0.15, -0.1) is 0 Å². The molecule has 5 nitrogen and oxygen atoms in total. The second-order valence-corrected chi connectivity index (χ2v) is 7.55. The normalized spacial score (nSPS) is 22.0. The largest absolute Gasteiger partial charge is 0.458 e. The summed E-state index contributed by atoms with van der Waals surface area (Å²) in [5.41, 5.74) is 3.53. The number of piperidine rings is 1. The molecule has 134 valence electrons. The summed E-state index contributed by atoms with van der Waals surface area (Å²) in [6, 6.07) is 14.5. The van der Waals surface area contributed by atoms with Crippen molar-refractivity contribution >= 4 is 0 Å². The maximum absolute atomic E-state index is 10.8. The van der Waals surface area contributed by atoms with Gasteiger partial charge in [-0.25, -0.2) is 0 Å². The number of aromatic amines is 1. The number of aliphatic hydroxyl groups excluding tert-OH is 1. The van der Waals surface area contributed by atoms with Crippen molar-refractivity contribution in [3.63, 3.8) is 0 Å². The number of benzene rings is 1. The third-order valence-electron chi connectivity index (χ3n) is 6.16. The van der Waals surface area contributed by atoms with Crippen molar-refractivity contribution in [1.82, 2.24) is 15.1 Å². The minimum Gasteiger partial charge on any atom is -0.458 e. The molecule has 2 N–H and O–H groups in total. The van der Waals surface area contributed by atoms with E-state index in [1.165, 1.54) is 11.1 Å². The first kappa shape index (κ1) is 15.9. The SMILES string of the molecule is O[C@H]1Cc2ccccc2C12CCN(Cc1ccc(-c3ccn[nH]3)o1)CC2. The lowest BCUT2D eigenvalue weighted by Gasteiger charge is -2.42. The third-order valence-corrected chi connectivity index (χ3v) is 6.16. The number of likely N-dealkylation sites (tertiary alicyclic amines) is 1. The molecule has 5 heteroatoms. The minimum absolute atomic E-state index is 0.0582. The van der Waals surface area contributed by atoms with E-state index in [-0.39, 0.29) is 11.5 Å². The van der Waals surface area contributed by atoms with Crippen LogP contribution >= 0.6 is 0 Å². The molecule has 1 spiro atoms. The zero-order chi connectivity index (χ0) is 17.6. The van der Waals surface area contributed by atoms with E-state index in [1.54, 1.807) is 6.20 Å². The Morgan fingerprint density at radius 2 is 2.00 bits per heavy atom. The fourth-order valence-electron chi connectivity index (χ4n) is 4.70. The minimum atomic E-state index is -0.252. The number of hydrogen-bond acceptors (Lipinski definition) is 4. The molecule has 0 saturated carbocycles. The Hall–Kier alpha value is -2.37. The fraction of sp³-hybridized carbons (Fsp3) is 0.381. The van der Waals surface area contributed by atoms with Crippen molar-refractivity contribution in [1.29, 1.82) is 0 Å². The lowest BCUT2D eigenvalue weighted by molar-refractivity contribution is 0.0397. The average Bonchev–Trinajstić information content (AvgIpc) is 3.38. The molecule has 2 aliphatic rings. The van der Waals surface area contributed by atoms with E-state index in [0.717, 1.165) is 56.1 Å². The average molecular weight is 349 g/mol. The molecule has 1 atom stereocenters. The summed E-state index contributed by atoms with van der Waals surface area (Å²) < 4.78 is 5.96. The Morgan fingerprint density at radius 3 is 2.81 bits per heavy atom. The highest BCUT2D eigenvalue weighted by Crippen LogP contribution is 2.46. The Balaban J connectivity index is 1.28. The molecular weight excluding hydrogens is 326 g/mol. The summed E-state index contributed by atoms with van der Waals surface area (Å²) in [7, 11) is 0. The summed E-state index contributed by atoms with van der Waals surface area (Å²) in [5, 5.41) is 17.7. The van der Waals surface area contributed by atoms with Crippen LogP contribution in [0.1, 0.15) is 29.7 Å². The first-order valence-corrected chi connectivity index (χ1v) is 9.32. The van der Waals surface area contributed by atoms with Crippen LogP contribution in [0.5, 0.6) is 0 Å². The van der Waals surface area contributed by atoms with E-state index >= 15 is 0 Å². The number of fused-ring (bicyclic) bond motifs is 2. The molecule has 3 aromatic rings. The lowest BCUT2D eigenvalue weighted by Crippen LogP contribution is -2.47. The molecule has 0 bridgehead atoms. The fourth-order valence-corrected chi connectivity index (χ4v) is 4.70. The summed E-state index contributed by atoms with van der Waals surface area (Å²) in [5.74, 6) is 1.80. The zero-order valence-electron chi connectivity index (χ0n) is 14.7. The van der Waals surface area contributed by atoms with Gasteiger partial charge in [0.15, 0.2) is 5.76 Å². The lowest BCUT2D eigenvalue weighted by atomic mass is 9.72. The molecule has 1 saturated heterocycles. The highest BCUT2D eigenvalue weighted by molar-refractivity contribution is 5.51. The molecule has 1 aliphatic carbocycles. The van der Waals surface area contributed by atoms with Crippen LogP contribution in [0, 0.1) is 0 Å². The number of aliphatic hydroxyl groups is 1. The Kier molecular flexibility index (Phi) is 3.72. The summed E-state index contributed by atoms with van der Waals surface area (Å²) in [6.45, 7) is 2.76. The summed E-state index contributed by atoms with van der Waals surface area (Å²) >= 11 is 0. The van der Waals surface area contributed by atoms with Gasteiger partial charge in [-0.2, -0.15) is 5.10 Å². The van der Waals surface area contributed by atoms with Crippen molar-refractivity contribution in [2.24, 2.45) is 0 Å². The van der Waals surface area contributed by atoms with Gasteiger partial charge < -0.3 is 9.52 Å². The van der Waals surface area contributed by atoms with Crippen LogP contribution in [0.25, 0.3) is 11.5 Å². The first-order chi connectivity index (χ1) is 12.7. The highest BCUT2D eigenvalue weighted by Gasteiger charge is 2.47. The Labute approximate surface area is 152 Å². The molecule has 2 aromatic heterocycles. The quantitative estimate of drug-likeness (QED) is 0.762. The summed E-state index contributed by atoms with van der Waals surface area (Å²) in [6.07, 6.45) is 4.27. The molecule has 0 unspecified atom stereocenters. The van der Waals surface area contributed by atoms with E-state index in [0.29, 0.717) is 0 Å². The van der Waals surface area contributed by atoms with Crippen LogP contribution in [-0.2, 0) is 18.4 Å². The van der Waals surface area contributed by atoms with Crippen molar-refractivity contribution in [2.45, 2.75) is 37.3 Å². The second kappa shape index (κ2) is 6.11. The number of aromatic nitrogens is 2. The third kappa shape index (κ3) is 2.50. The van der Waals surface area contributed by atoms with Gasteiger partial charge in [-0.3, -0.25) is 10.00 Å². The van der Waals surface area contributed by atoms with Crippen LogP contribution in [0.2, 0.25) is 0 Å². The number of furan rings is 1. The molecule has 0 amide bonds. The molecule has 3 heterocycles. The van der Waals surface area contributed by atoms with Gasteiger partial charge >= 0.3 is 0 Å². The van der Waals surface area contributed by atoms with E-state index < -0.39 is 0 Å². The molecule has 1 aromatic carbocycles. The zero-order valence-corrected chi connectivity index (χ0v) is 14.7. The van der Waals surface area contributed by atoms with Crippen LogP contribution in [-0.4, -0.2) is 39.4 Å². The van der Waals surface area contributed by atoms with Gasteiger partial charge in [0.05, 0.1) is 12.6 Å². The van der Waals surface area contributed by atoms with Crippen molar-refractivity contribution in [2.75, 3.05) is 13.1 Å². The van der Waals surface area contributed by atoms with Gasteiger partial charge in [0.2, 0.25) is 0 Å². The maximum atomic E-state index is 10.8. The van der Waals surface area contributed by atoms with Gasteiger partial charge in [0, 0.05) is 11.6 Å². The monoisotopic (exact) mass is 349 g/mol. The number of hydrogen-bond donors (Lipinski definition) is 2. The van der Waals surface area contributed by atoms with E-state index in [9.17, 15) is 5.11 Å². The van der Waals surface area contributed by atoms with Crippen LogP contribution in [0.3, 0.4) is 0 Å². The standard InChI is InChI=1S/C21H23N3O2/c25-20-13-15-3-1-2-4-17(15)21(20)8-11-24(12-9-21)14-16-5-6-19(26-16)18-7-10-22-23-18/h1-7,10,20,25H,8-9,11-14H2,(H,22,23)/t20-/m0/s1. The van der Waals surface area contributed by atoms with Gasteiger partial charge in [0.1, 0.15) is 11.5 Å². The van der Waals surface area contributed by atoms with E-state index in [4.69, 9.17) is 4.42 Å². The topological polar surface area (TPSA) is 65.3 Å². The number of nitrogens with one attached hydrogen (secondary N) is 1. The van der Waals surface area contributed by atoms with Gasteiger partial charge in [-0.1, -0.05) is 24.3 Å². The number of H-pyrrole nitrogens is 1. The van der Waals surface area contributed by atoms with Gasteiger partial charge in [0.25, 0.3) is 0 Å². The maximum Gasteiger partial charge on any atom is 0.152 e.